The molecular formula is C9H15N3O. The minimum absolute atomic E-state index is 0.305. The van der Waals surface area contributed by atoms with E-state index in [2.05, 4.69) is 0 Å². The van der Waals surface area contributed by atoms with Crippen LogP contribution in [0.15, 0.2) is 6.20 Å². The van der Waals surface area contributed by atoms with Crippen LogP contribution < -0.4 is 11.5 Å². The molecule has 1 heterocycles. The second-order valence-electron chi connectivity index (χ2n) is 3.48. The van der Waals surface area contributed by atoms with E-state index in [1.165, 1.54) is 0 Å². The Morgan fingerprint density at radius 3 is 2.31 bits per heavy atom. The maximum absolute atomic E-state index is 11.0. The fourth-order valence-corrected chi connectivity index (χ4v) is 1.44. The smallest absolute Gasteiger partial charge is 0.267 e. The van der Waals surface area contributed by atoms with Crippen LogP contribution in [0.25, 0.3) is 0 Å². The van der Waals surface area contributed by atoms with Crippen LogP contribution in [-0.4, -0.2) is 10.5 Å². The highest BCUT2D eigenvalue weighted by molar-refractivity contribution is 5.97. The number of nitrogen functional groups attached to an aromatic ring is 1. The van der Waals surface area contributed by atoms with Gasteiger partial charge < -0.3 is 16.0 Å². The molecule has 0 aliphatic carbocycles. The predicted molar refractivity (Wildman–Crippen MR) is 52.4 cm³/mol. The molecule has 0 aliphatic heterocycles. The Morgan fingerprint density at radius 1 is 1.54 bits per heavy atom. The van der Waals surface area contributed by atoms with Crippen molar-refractivity contribution in [3.63, 3.8) is 0 Å². The number of amides is 1. The highest BCUT2D eigenvalue weighted by atomic mass is 16.1. The molecule has 0 radical (unpaired) electrons. The molecule has 4 N–H and O–H groups in total. The fourth-order valence-electron chi connectivity index (χ4n) is 1.44. The summed E-state index contributed by atoms with van der Waals surface area (Å²) in [6, 6.07) is 0. The average Bonchev–Trinajstić information content (AvgIpc) is 2.26. The third-order valence-corrected chi connectivity index (χ3v) is 2.11. The second kappa shape index (κ2) is 3.12. The first-order chi connectivity index (χ1) is 5.95. The lowest BCUT2D eigenvalue weighted by Gasteiger charge is -2.02. The zero-order valence-corrected chi connectivity index (χ0v) is 8.16. The van der Waals surface area contributed by atoms with Crippen molar-refractivity contribution in [2.24, 2.45) is 12.8 Å². The summed E-state index contributed by atoms with van der Waals surface area (Å²) in [5.41, 5.74) is 12.8. The van der Waals surface area contributed by atoms with E-state index in [0.717, 1.165) is 5.56 Å². The molecule has 1 rings (SSSR count). The Kier molecular flexibility index (Phi) is 2.32. The van der Waals surface area contributed by atoms with Crippen LogP contribution >= 0.6 is 0 Å². The largest absolute Gasteiger partial charge is 0.397 e. The molecule has 4 nitrogen and oxygen atoms in total. The molecule has 0 aromatic carbocycles. The SMILES string of the molecule is CC(C)c1cn(C)c(C(N)=O)c1N. The summed E-state index contributed by atoms with van der Waals surface area (Å²) in [6.07, 6.45) is 1.85. The van der Waals surface area contributed by atoms with Crippen LogP contribution in [-0.2, 0) is 7.05 Å². The van der Waals surface area contributed by atoms with Crippen LogP contribution in [0.4, 0.5) is 5.69 Å². The quantitative estimate of drug-likeness (QED) is 0.709. The normalized spacial score (nSPS) is 10.8. The summed E-state index contributed by atoms with van der Waals surface area (Å²) in [5.74, 6) is -0.175. The molecule has 0 spiro atoms. The fraction of sp³-hybridized carbons (Fsp3) is 0.444. The van der Waals surface area contributed by atoms with Gasteiger partial charge in [0.15, 0.2) is 0 Å². The van der Waals surface area contributed by atoms with Crippen molar-refractivity contribution < 1.29 is 4.79 Å². The number of aromatic nitrogens is 1. The molecule has 72 valence electrons. The summed E-state index contributed by atoms with van der Waals surface area (Å²) in [5, 5.41) is 0. The number of hydrogen-bond acceptors (Lipinski definition) is 2. The highest BCUT2D eigenvalue weighted by Crippen LogP contribution is 2.26. The van der Waals surface area contributed by atoms with Gasteiger partial charge in [-0.3, -0.25) is 4.79 Å². The van der Waals surface area contributed by atoms with Gasteiger partial charge in [-0.25, -0.2) is 0 Å². The molecule has 1 amide bonds. The van der Waals surface area contributed by atoms with Gasteiger partial charge in [-0.1, -0.05) is 13.8 Å². The number of primary amides is 1. The number of carbonyl (C=O) groups excluding carboxylic acids is 1. The lowest BCUT2D eigenvalue weighted by atomic mass is 10.1. The van der Waals surface area contributed by atoms with Crippen molar-refractivity contribution in [1.29, 1.82) is 0 Å². The van der Waals surface area contributed by atoms with E-state index < -0.39 is 5.91 Å². The molecular weight excluding hydrogens is 166 g/mol. The van der Waals surface area contributed by atoms with E-state index in [-0.39, 0.29) is 0 Å². The lowest BCUT2D eigenvalue weighted by molar-refractivity contribution is 0.0993. The van der Waals surface area contributed by atoms with Gasteiger partial charge in [0.25, 0.3) is 5.91 Å². The van der Waals surface area contributed by atoms with Crippen molar-refractivity contribution >= 4 is 11.6 Å². The first-order valence-corrected chi connectivity index (χ1v) is 4.19. The minimum Gasteiger partial charge on any atom is -0.397 e. The van der Waals surface area contributed by atoms with Crippen molar-refractivity contribution in [2.75, 3.05) is 5.73 Å². The Balaban J connectivity index is 3.30. The van der Waals surface area contributed by atoms with Crippen LogP contribution in [0.5, 0.6) is 0 Å². The van der Waals surface area contributed by atoms with Crippen LogP contribution in [0.2, 0.25) is 0 Å². The van der Waals surface area contributed by atoms with E-state index in [4.69, 9.17) is 11.5 Å². The third kappa shape index (κ3) is 1.52. The highest BCUT2D eigenvalue weighted by Gasteiger charge is 2.16. The zero-order chi connectivity index (χ0) is 10.2. The lowest BCUT2D eigenvalue weighted by Crippen LogP contribution is -2.16. The number of anilines is 1. The van der Waals surface area contributed by atoms with Gasteiger partial charge >= 0.3 is 0 Å². The molecule has 0 fully saturated rings. The molecule has 1 aromatic rings. The Morgan fingerprint density at radius 2 is 2.08 bits per heavy atom. The van der Waals surface area contributed by atoms with Gasteiger partial charge in [-0.15, -0.1) is 0 Å². The van der Waals surface area contributed by atoms with Crippen LogP contribution in [0, 0.1) is 0 Å². The van der Waals surface area contributed by atoms with E-state index in [1.54, 1.807) is 11.6 Å². The summed E-state index contributed by atoms with van der Waals surface area (Å²) in [6.45, 7) is 4.05. The summed E-state index contributed by atoms with van der Waals surface area (Å²) in [7, 11) is 1.77. The number of nitrogens with two attached hydrogens (primary N) is 2. The molecule has 13 heavy (non-hydrogen) atoms. The van der Waals surface area contributed by atoms with E-state index in [0.29, 0.717) is 17.3 Å². The summed E-state index contributed by atoms with van der Waals surface area (Å²) >= 11 is 0. The van der Waals surface area contributed by atoms with Crippen molar-refractivity contribution in [3.05, 3.63) is 17.5 Å². The molecule has 0 saturated heterocycles. The predicted octanol–water partition coefficient (Wildman–Crippen LogP) is 0.830. The number of rotatable bonds is 2. The Labute approximate surface area is 77.5 Å². The summed E-state index contributed by atoms with van der Waals surface area (Å²) in [4.78, 5) is 11.0. The maximum Gasteiger partial charge on any atom is 0.267 e. The van der Waals surface area contributed by atoms with E-state index in [9.17, 15) is 4.79 Å². The first kappa shape index (κ1) is 9.64. The van der Waals surface area contributed by atoms with Gasteiger partial charge in [-0.2, -0.15) is 0 Å². The molecule has 0 atom stereocenters. The van der Waals surface area contributed by atoms with Gasteiger partial charge in [0.2, 0.25) is 0 Å². The number of aryl methyl sites for hydroxylation is 1. The number of nitrogens with zero attached hydrogens (tertiary/aromatic N) is 1. The van der Waals surface area contributed by atoms with Crippen molar-refractivity contribution in [2.45, 2.75) is 19.8 Å². The first-order valence-electron chi connectivity index (χ1n) is 4.19. The van der Waals surface area contributed by atoms with Gasteiger partial charge in [0.1, 0.15) is 5.69 Å². The van der Waals surface area contributed by atoms with Gasteiger partial charge in [-0.05, 0) is 11.5 Å². The van der Waals surface area contributed by atoms with E-state index >= 15 is 0 Å². The molecule has 0 saturated carbocycles. The molecule has 0 bridgehead atoms. The molecule has 0 unspecified atom stereocenters. The standard InChI is InChI=1S/C9H15N3O/c1-5(2)6-4-12(3)8(7(6)10)9(11)13/h4-5H,10H2,1-3H3,(H2,11,13). The Hall–Kier alpha value is -1.45. The third-order valence-electron chi connectivity index (χ3n) is 2.11. The molecule has 4 heteroatoms. The minimum atomic E-state index is -0.480. The topological polar surface area (TPSA) is 74.0 Å². The molecule has 0 aliphatic rings. The zero-order valence-electron chi connectivity index (χ0n) is 8.16. The van der Waals surface area contributed by atoms with Gasteiger partial charge in [0, 0.05) is 13.2 Å². The van der Waals surface area contributed by atoms with Gasteiger partial charge in [0.05, 0.1) is 5.69 Å². The summed E-state index contributed by atoms with van der Waals surface area (Å²) < 4.78 is 1.67. The van der Waals surface area contributed by atoms with Crippen molar-refractivity contribution in [1.82, 2.24) is 4.57 Å². The monoisotopic (exact) mass is 181 g/mol. The second-order valence-corrected chi connectivity index (χ2v) is 3.48. The number of carbonyl (C=O) groups is 1. The van der Waals surface area contributed by atoms with E-state index in [1.807, 2.05) is 20.0 Å². The average molecular weight is 181 g/mol. The molecule has 1 aromatic heterocycles. The van der Waals surface area contributed by atoms with Crippen LogP contribution in [0.1, 0.15) is 35.8 Å². The number of hydrogen-bond donors (Lipinski definition) is 2. The maximum atomic E-state index is 11.0. The Bertz CT molecular complexity index is 339. The van der Waals surface area contributed by atoms with Crippen molar-refractivity contribution in [3.8, 4) is 0 Å². The van der Waals surface area contributed by atoms with Crippen LogP contribution in [0.3, 0.4) is 0 Å².